The fourth-order valence-electron chi connectivity index (χ4n) is 2.55. The smallest absolute Gasteiger partial charge is 0.336 e. The van der Waals surface area contributed by atoms with E-state index < -0.39 is 55.4 Å². The van der Waals surface area contributed by atoms with Crippen LogP contribution in [0.1, 0.15) is 26.7 Å². The predicted molar refractivity (Wildman–Crippen MR) is 99.2 cm³/mol. The monoisotopic (exact) mass is 418 g/mol. The van der Waals surface area contributed by atoms with Gasteiger partial charge in [0.2, 0.25) is 6.29 Å². The lowest BCUT2D eigenvalue weighted by atomic mass is 9.98. The Balaban J connectivity index is 2.57. The third-order valence-electron chi connectivity index (χ3n) is 4.64. The maximum absolute atomic E-state index is 12.1. The number of carbonyl (C=O) groups is 2. The van der Waals surface area contributed by atoms with E-state index in [2.05, 4.69) is 4.74 Å². The average molecular weight is 418 g/mol. The molecule has 10 nitrogen and oxygen atoms in total. The molecule has 1 aliphatic heterocycles. The van der Waals surface area contributed by atoms with Gasteiger partial charge in [-0.2, -0.15) is 0 Å². The SMILES string of the molecule is COC(=O)CC(O)C(C)CC=CC=C(C)C(=O)OC1OC(CO)C(O)C(O)C1O. The number of hydrogen-bond acceptors (Lipinski definition) is 10. The highest BCUT2D eigenvalue weighted by molar-refractivity contribution is 5.88. The number of methoxy groups -OCH3 is 1. The predicted octanol–water partition coefficient (Wildman–Crippen LogP) is -1.22. The summed E-state index contributed by atoms with van der Waals surface area (Å²) in [5, 5.41) is 48.3. The summed E-state index contributed by atoms with van der Waals surface area (Å²) in [6.45, 7) is 2.60. The van der Waals surface area contributed by atoms with Crippen molar-refractivity contribution in [2.45, 2.75) is 63.5 Å². The fraction of sp³-hybridized carbons (Fsp3) is 0.684. The molecule has 1 fully saturated rings. The minimum atomic E-state index is -1.67. The standard InChI is InChI=1S/C19H30O10/c1-10(12(21)8-14(22)27-3)6-4-5-7-11(2)18(26)29-19-17(25)16(24)15(23)13(9-20)28-19/h4-5,7,10,12-13,15-17,19-21,23-25H,6,8-9H2,1-3H3. The Labute approximate surface area is 169 Å². The maximum atomic E-state index is 12.1. The van der Waals surface area contributed by atoms with Gasteiger partial charge in [0.25, 0.3) is 0 Å². The fourth-order valence-corrected chi connectivity index (χ4v) is 2.55. The van der Waals surface area contributed by atoms with Gasteiger partial charge in [0, 0.05) is 5.57 Å². The summed E-state index contributed by atoms with van der Waals surface area (Å²) in [7, 11) is 1.25. The molecule has 1 aliphatic rings. The molecule has 1 rings (SSSR count). The molecule has 10 heteroatoms. The molecule has 0 aliphatic carbocycles. The van der Waals surface area contributed by atoms with Gasteiger partial charge < -0.3 is 39.7 Å². The van der Waals surface area contributed by atoms with E-state index in [1.807, 2.05) is 0 Å². The average Bonchev–Trinajstić information content (AvgIpc) is 2.70. The van der Waals surface area contributed by atoms with E-state index in [1.54, 1.807) is 19.1 Å². The molecule has 0 spiro atoms. The van der Waals surface area contributed by atoms with Crippen LogP contribution in [0.25, 0.3) is 0 Å². The molecule has 1 saturated heterocycles. The van der Waals surface area contributed by atoms with Crippen molar-refractivity contribution in [2.24, 2.45) is 5.92 Å². The zero-order chi connectivity index (χ0) is 22.1. The number of esters is 2. The van der Waals surface area contributed by atoms with Gasteiger partial charge in [0.15, 0.2) is 0 Å². The number of ether oxygens (including phenoxy) is 3. The first-order valence-electron chi connectivity index (χ1n) is 9.22. The van der Waals surface area contributed by atoms with E-state index in [0.717, 1.165) is 0 Å². The second kappa shape index (κ2) is 12.0. The Bertz CT molecular complexity index is 600. The summed E-state index contributed by atoms with van der Waals surface area (Å²) in [5.74, 6) is -1.53. The van der Waals surface area contributed by atoms with Crippen molar-refractivity contribution in [3.63, 3.8) is 0 Å². The molecule has 1 heterocycles. The summed E-state index contributed by atoms with van der Waals surface area (Å²) in [6, 6.07) is 0. The van der Waals surface area contributed by atoms with Crippen LogP contribution in [0.2, 0.25) is 0 Å². The molecule has 5 N–H and O–H groups in total. The van der Waals surface area contributed by atoms with Gasteiger partial charge >= 0.3 is 11.9 Å². The lowest BCUT2D eigenvalue weighted by Crippen LogP contribution is -2.59. The number of carbonyl (C=O) groups excluding carboxylic acids is 2. The van der Waals surface area contributed by atoms with Crippen LogP contribution in [-0.4, -0.2) is 88.0 Å². The van der Waals surface area contributed by atoms with Gasteiger partial charge in [-0.15, -0.1) is 0 Å². The normalized spacial score (nSPS) is 30.1. The van der Waals surface area contributed by atoms with Crippen molar-refractivity contribution in [1.82, 2.24) is 0 Å². The summed E-state index contributed by atoms with van der Waals surface area (Å²) in [5.41, 5.74) is 0.168. The molecule has 29 heavy (non-hydrogen) atoms. The first-order valence-corrected chi connectivity index (χ1v) is 9.22. The van der Waals surface area contributed by atoms with Crippen LogP contribution in [0.5, 0.6) is 0 Å². The number of allylic oxidation sites excluding steroid dienone is 3. The third kappa shape index (κ3) is 7.50. The van der Waals surface area contributed by atoms with Gasteiger partial charge in [0.05, 0.1) is 26.2 Å². The van der Waals surface area contributed by atoms with Crippen LogP contribution in [-0.2, 0) is 23.8 Å². The van der Waals surface area contributed by atoms with Crippen LogP contribution < -0.4 is 0 Å². The number of aliphatic hydroxyl groups is 5. The summed E-state index contributed by atoms with van der Waals surface area (Å²) >= 11 is 0. The molecular weight excluding hydrogens is 388 g/mol. The van der Waals surface area contributed by atoms with Crippen molar-refractivity contribution in [3.8, 4) is 0 Å². The molecule has 0 aromatic rings. The first-order chi connectivity index (χ1) is 13.6. The zero-order valence-electron chi connectivity index (χ0n) is 16.7. The molecule has 0 amide bonds. The van der Waals surface area contributed by atoms with Gasteiger partial charge in [0.1, 0.15) is 24.4 Å². The molecular formula is C19H30O10. The van der Waals surface area contributed by atoms with Crippen molar-refractivity contribution in [2.75, 3.05) is 13.7 Å². The molecule has 0 aromatic carbocycles. The van der Waals surface area contributed by atoms with E-state index >= 15 is 0 Å². The van der Waals surface area contributed by atoms with Crippen molar-refractivity contribution in [1.29, 1.82) is 0 Å². The van der Waals surface area contributed by atoms with E-state index in [0.29, 0.717) is 6.42 Å². The number of aliphatic hydroxyl groups excluding tert-OH is 5. The Kier molecular flexibility index (Phi) is 10.4. The maximum Gasteiger partial charge on any atom is 0.336 e. The van der Waals surface area contributed by atoms with Gasteiger partial charge in [-0.25, -0.2) is 4.79 Å². The molecule has 0 saturated carbocycles. The van der Waals surface area contributed by atoms with Gasteiger partial charge in [-0.3, -0.25) is 4.79 Å². The Hall–Kier alpha value is -1.82. The molecule has 166 valence electrons. The number of rotatable bonds is 9. The molecule has 0 bridgehead atoms. The van der Waals surface area contributed by atoms with Crippen molar-refractivity contribution in [3.05, 3.63) is 23.8 Å². The highest BCUT2D eigenvalue weighted by Gasteiger charge is 2.45. The quantitative estimate of drug-likeness (QED) is 0.174. The Morgan fingerprint density at radius 3 is 2.41 bits per heavy atom. The topological polar surface area (TPSA) is 163 Å². The highest BCUT2D eigenvalue weighted by Crippen LogP contribution is 2.22. The van der Waals surface area contributed by atoms with Crippen molar-refractivity contribution >= 4 is 11.9 Å². The van der Waals surface area contributed by atoms with Crippen LogP contribution in [0.15, 0.2) is 23.8 Å². The minimum absolute atomic E-state index is 0.105. The van der Waals surface area contributed by atoms with E-state index in [9.17, 15) is 30.0 Å². The van der Waals surface area contributed by atoms with E-state index in [1.165, 1.54) is 20.1 Å². The third-order valence-corrected chi connectivity index (χ3v) is 4.64. The van der Waals surface area contributed by atoms with E-state index in [-0.39, 0.29) is 17.9 Å². The summed E-state index contributed by atoms with van der Waals surface area (Å²) in [6.07, 6.45) is -3.35. The zero-order valence-corrected chi connectivity index (χ0v) is 16.7. The lowest BCUT2D eigenvalue weighted by Gasteiger charge is -2.39. The molecule has 7 atom stereocenters. The molecule has 0 radical (unpaired) electrons. The summed E-state index contributed by atoms with van der Waals surface area (Å²) < 4.78 is 14.6. The largest absolute Gasteiger partial charge is 0.469 e. The second-order valence-corrected chi connectivity index (χ2v) is 6.94. The van der Waals surface area contributed by atoms with Crippen LogP contribution >= 0.6 is 0 Å². The first kappa shape index (κ1) is 25.2. The highest BCUT2D eigenvalue weighted by atomic mass is 16.7. The Morgan fingerprint density at radius 2 is 1.83 bits per heavy atom. The Morgan fingerprint density at radius 1 is 1.17 bits per heavy atom. The minimum Gasteiger partial charge on any atom is -0.469 e. The lowest BCUT2D eigenvalue weighted by molar-refractivity contribution is -0.291. The van der Waals surface area contributed by atoms with Crippen LogP contribution in [0, 0.1) is 5.92 Å². The molecule has 7 unspecified atom stereocenters. The van der Waals surface area contributed by atoms with E-state index in [4.69, 9.17) is 14.6 Å². The van der Waals surface area contributed by atoms with Gasteiger partial charge in [-0.1, -0.05) is 25.2 Å². The van der Waals surface area contributed by atoms with Gasteiger partial charge in [-0.05, 0) is 19.3 Å². The van der Waals surface area contributed by atoms with Crippen LogP contribution in [0.4, 0.5) is 0 Å². The number of hydrogen-bond donors (Lipinski definition) is 5. The van der Waals surface area contributed by atoms with Crippen LogP contribution in [0.3, 0.4) is 0 Å². The van der Waals surface area contributed by atoms with Crippen molar-refractivity contribution < 1.29 is 49.3 Å². The molecule has 0 aromatic heterocycles. The summed E-state index contributed by atoms with van der Waals surface area (Å²) in [4.78, 5) is 23.3. The second-order valence-electron chi connectivity index (χ2n) is 6.94.